The van der Waals surface area contributed by atoms with Crippen LogP contribution >= 0.6 is 0 Å². The van der Waals surface area contributed by atoms with Gasteiger partial charge in [0.05, 0.1) is 6.54 Å². The van der Waals surface area contributed by atoms with Crippen molar-refractivity contribution >= 4 is 10.0 Å². The van der Waals surface area contributed by atoms with E-state index in [4.69, 9.17) is 0 Å². The Morgan fingerprint density at radius 3 is 2.93 bits per heavy atom. The van der Waals surface area contributed by atoms with Gasteiger partial charge in [0, 0.05) is 0 Å². The van der Waals surface area contributed by atoms with Crippen LogP contribution in [0.3, 0.4) is 0 Å². The van der Waals surface area contributed by atoms with Gasteiger partial charge < -0.3 is 4.52 Å². The lowest BCUT2D eigenvalue weighted by atomic mass is 10.6. The molecule has 0 aromatic carbocycles. The summed E-state index contributed by atoms with van der Waals surface area (Å²) in [6.45, 7) is -0.0699. The minimum Gasteiger partial charge on any atom is -0.343 e. The molecule has 2 aromatic heterocycles. The van der Waals surface area contributed by atoms with E-state index in [1.54, 1.807) is 0 Å². The van der Waals surface area contributed by atoms with Crippen molar-refractivity contribution in [2.24, 2.45) is 0 Å². The predicted octanol–water partition coefficient (Wildman–Crippen LogP) is -1.33. The zero-order chi connectivity index (χ0) is 10.7. The average molecular weight is 230 g/mol. The van der Waals surface area contributed by atoms with Gasteiger partial charge in [-0.05, 0) is 0 Å². The Kier molecular flexibility index (Phi) is 2.43. The number of nitrogens with zero attached hydrogens (tertiary/aromatic N) is 4. The molecule has 0 atom stereocenters. The highest BCUT2D eigenvalue weighted by Crippen LogP contribution is 1.99. The van der Waals surface area contributed by atoms with Crippen LogP contribution in [0.15, 0.2) is 22.4 Å². The van der Waals surface area contributed by atoms with Crippen molar-refractivity contribution in [2.75, 3.05) is 0 Å². The Labute approximate surface area is 84.0 Å². The Morgan fingerprint density at radius 1 is 1.47 bits per heavy atom. The molecule has 15 heavy (non-hydrogen) atoms. The first-order valence-electron chi connectivity index (χ1n) is 3.79. The van der Waals surface area contributed by atoms with Gasteiger partial charge in [-0.15, -0.1) is 0 Å². The molecule has 0 unspecified atom stereocenters. The monoisotopic (exact) mass is 230 g/mol. The van der Waals surface area contributed by atoms with Gasteiger partial charge in [0.15, 0.2) is 5.82 Å². The van der Waals surface area contributed by atoms with E-state index in [-0.39, 0.29) is 17.5 Å². The van der Waals surface area contributed by atoms with Crippen molar-refractivity contribution in [3.63, 3.8) is 0 Å². The first-order valence-corrected chi connectivity index (χ1v) is 5.27. The standard InChI is InChI=1S/C5H6N6O3S/c12-15(13,5-6-2-8-10-5)9-1-4-7-3-14-11-4/h2-3,9H,1H2,(H,6,8,10). The average Bonchev–Trinajstić information content (AvgIpc) is 2.88. The Bertz CT molecular complexity index is 503. The molecular weight excluding hydrogens is 224 g/mol. The molecule has 0 saturated carbocycles. The van der Waals surface area contributed by atoms with Crippen LogP contribution in [0.1, 0.15) is 5.82 Å². The molecule has 9 nitrogen and oxygen atoms in total. The van der Waals surface area contributed by atoms with Gasteiger partial charge in [0.1, 0.15) is 6.33 Å². The van der Waals surface area contributed by atoms with E-state index in [1.165, 1.54) is 0 Å². The lowest BCUT2D eigenvalue weighted by Gasteiger charge is -1.99. The third kappa shape index (κ3) is 2.16. The van der Waals surface area contributed by atoms with Crippen molar-refractivity contribution in [3.05, 3.63) is 18.5 Å². The molecule has 0 saturated heterocycles. The molecule has 2 aromatic rings. The summed E-state index contributed by atoms with van der Waals surface area (Å²) >= 11 is 0. The maximum absolute atomic E-state index is 11.5. The summed E-state index contributed by atoms with van der Waals surface area (Å²) in [6, 6.07) is 0. The highest BCUT2D eigenvalue weighted by molar-refractivity contribution is 7.89. The van der Waals surface area contributed by atoms with E-state index in [9.17, 15) is 8.42 Å². The van der Waals surface area contributed by atoms with Gasteiger partial charge >= 0.3 is 0 Å². The SMILES string of the molecule is O=S(=O)(NCc1ncon1)c1ncn[nH]1. The van der Waals surface area contributed by atoms with Gasteiger partial charge in [-0.2, -0.15) is 10.1 Å². The number of aromatic amines is 1. The van der Waals surface area contributed by atoms with Crippen molar-refractivity contribution in [1.29, 1.82) is 0 Å². The summed E-state index contributed by atoms with van der Waals surface area (Å²) in [6.07, 6.45) is 2.21. The first kappa shape index (κ1) is 9.73. The number of rotatable bonds is 4. The van der Waals surface area contributed by atoms with Gasteiger partial charge in [0.2, 0.25) is 6.39 Å². The Hall–Kier alpha value is -1.81. The van der Waals surface area contributed by atoms with Crippen molar-refractivity contribution in [3.8, 4) is 0 Å². The normalized spacial score (nSPS) is 11.7. The van der Waals surface area contributed by atoms with Crippen molar-refractivity contribution in [2.45, 2.75) is 11.7 Å². The fourth-order valence-electron chi connectivity index (χ4n) is 0.822. The van der Waals surface area contributed by atoms with E-state index in [0.29, 0.717) is 0 Å². The fraction of sp³-hybridized carbons (Fsp3) is 0.200. The van der Waals surface area contributed by atoms with Crippen LogP contribution in [0.25, 0.3) is 0 Å². The number of nitrogens with one attached hydrogen (secondary N) is 2. The highest BCUT2D eigenvalue weighted by atomic mass is 32.2. The summed E-state index contributed by atoms with van der Waals surface area (Å²) in [5, 5.41) is 8.84. The topological polar surface area (TPSA) is 127 Å². The molecule has 2 heterocycles. The third-order valence-corrected chi connectivity index (χ3v) is 2.70. The van der Waals surface area contributed by atoms with Gasteiger partial charge in [0.25, 0.3) is 15.2 Å². The maximum Gasteiger partial charge on any atom is 0.276 e. The smallest absolute Gasteiger partial charge is 0.276 e. The zero-order valence-electron chi connectivity index (χ0n) is 7.28. The number of H-pyrrole nitrogens is 1. The quantitative estimate of drug-likeness (QED) is 0.665. The van der Waals surface area contributed by atoms with Crippen LogP contribution in [0, 0.1) is 0 Å². The highest BCUT2D eigenvalue weighted by Gasteiger charge is 2.17. The second kappa shape index (κ2) is 3.74. The Balaban J connectivity index is 2.06. The van der Waals surface area contributed by atoms with E-state index in [1.807, 2.05) is 0 Å². The van der Waals surface area contributed by atoms with E-state index in [0.717, 1.165) is 12.7 Å². The largest absolute Gasteiger partial charge is 0.343 e. The number of sulfonamides is 1. The van der Waals surface area contributed by atoms with E-state index >= 15 is 0 Å². The predicted molar refractivity (Wildman–Crippen MR) is 44.7 cm³/mol. The first-order chi connectivity index (χ1) is 7.18. The van der Waals surface area contributed by atoms with Crippen LogP contribution < -0.4 is 4.72 Å². The summed E-state index contributed by atoms with van der Waals surface area (Å²) in [7, 11) is -3.69. The molecule has 80 valence electrons. The van der Waals surface area contributed by atoms with E-state index < -0.39 is 10.0 Å². The maximum atomic E-state index is 11.5. The minimum atomic E-state index is -3.69. The van der Waals surface area contributed by atoms with Crippen LogP contribution in [-0.4, -0.2) is 33.7 Å². The lowest BCUT2D eigenvalue weighted by Crippen LogP contribution is -2.24. The molecule has 0 aliphatic rings. The number of hydrogen-bond acceptors (Lipinski definition) is 7. The molecule has 0 radical (unpaired) electrons. The van der Waals surface area contributed by atoms with E-state index in [2.05, 4.69) is 34.6 Å². The minimum absolute atomic E-state index is 0.0699. The van der Waals surface area contributed by atoms with Crippen molar-refractivity contribution in [1.82, 2.24) is 30.0 Å². The zero-order valence-corrected chi connectivity index (χ0v) is 8.10. The third-order valence-electron chi connectivity index (χ3n) is 1.47. The molecule has 2 rings (SSSR count). The number of aromatic nitrogens is 5. The molecule has 0 aliphatic heterocycles. The van der Waals surface area contributed by atoms with Crippen LogP contribution in [0.2, 0.25) is 0 Å². The molecule has 0 aliphatic carbocycles. The van der Waals surface area contributed by atoms with Gasteiger partial charge in [-0.25, -0.2) is 23.2 Å². The van der Waals surface area contributed by atoms with Crippen LogP contribution in [0.5, 0.6) is 0 Å². The molecule has 0 fully saturated rings. The van der Waals surface area contributed by atoms with Crippen molar-refractivity contribution < 1.29 is 12.9 Å². The molecule has 10 heteroatoms. The van der Waals surface area contributed by atoms with Gasteiger partial charge in [-0.3, -0.25) is 0 Å². The molecule has 0 amide bonds. The molecule has 0 spiro atoms. The second-order valence-electron chi connectivity index (χ2n) is 2.46. The number of hydrogen-bond donors (Lipinski definition) is 2. The summed E-state index contributed by atoms with van der Waals surface area (Å²) in [5.74, 6) is 0.234. The summed E-state index contributed by atoms with van der Waals surface area (Å²) in [4.78, 5) is 7.16. The lowest BCUT2D eigenvalue weighted by molar-refractivity contribution is 0.409. The molecule has 2 N–H and O–H groups in total. The van der Waals surface area contributed by atoms with Gasteiger partial charge in [-0.1, -0.05) is 5.16 Å². The molecule has 0 bridgehead atoms. The Morgan fingerprint density at radius 2 is 2.33 bits per heavy atom. The fourth-order valence-corrected chi connectivity index (χ4v) is 1.64. The summed E-state index contributed by atoms with van der Waals surface area (Å²) in [5.41, 5.74) is 0. The van der Waals surface area contributed by atoms with Crippen LogP contribution in [-0.2, 0) is 16.6 Å². The summed E-state index contributed by atoms with van der Waals surface area (Å²) < 4.78 is 29.6. The van der Waals surface area contributed by atoms with Crippen LogP contribution in [0.4, 0.5) is 0 Å². The second-order valence-corrected chi connectivity index (χ2v) is 4.14. The molecular formula is C5H6N6O3S.